The number of hydrogen-bond donors (Lipinski definition) is 2. The van der Waals surface area contributed by atoms with Crippen LogP contribution >= 0.6 is 0 Å². The molecule has 4 rings (SSSR count). The number of hydrogen-bond acceptors (Lipinski definition) is 3. The van der Waals surface area contributed by atoms with Crippen LogP contribution in [-0.2, 0) is 11.2 Å². The summed E-state index contributed by atoms with van der Waals surface area (Å²) in [6, 6.07) is 15.1. The summed E-state index contributed by atoms with van der Waals surface area (Å²) >= 11 is 0. The largest absolute Gasteiger partial charge is 0.449 e. The van der Waals surface area contributed by atoms with Crippen LogP contribution in [0.3, 0.4) is 0 Å². The Labute approximate surface area is 176 Å². The van der Waals surface area contributed by atoms with Crippen LogP contribution in [0.4, 0.5) is 11.4 Å². The van der Waals surface area contributed by atoms with Gasteiger partial charge >= 0.3 is 0 Å². The molecule has 0 bridgehead atoms. The third kappa shape index (κ3) is 4.56. The molecule has 1 fully saturated rings. The van der Waals surface area contributed by atoms with E-state index >= 15 is 0 Å². The molecule has 30 heavy (non-hydrogen) atoms. The molecule has 1 aliphatic carbocycles. The van der Waals surface area contributed by atoms with Crippen LogP contribution in [0.15, 0.2) is 52.9 Å². The minimum atomic E-state index is -0.372. The van der Waals surface area contributed by atoms with E-state index in [1.54, 1.807) is 6.07 Å². The molecule has 2 amide bonds. The van der Waals surface area contributed by atoms with Gasteiger partial charge in [0.15, 0.2) is 0 Å². The predicted octanol–water partition coefficient (Wildman–Crippen LogP) is 6.16. The molecule has 0 unspecified atom stereocenters. The zero-order valence-corrected chi connectivity index (χ0v) is 17.4. The Kier molecular flexibility index (Phi) is 6.17. The predicted molar refractivity (Wildman–Crippen MR) is 120 cm³/mol. The second-order valence-electron chi connectivity index (χ2n) is 8.06. The summed E-state index contributed by atoms with van der Waals surface area (Å²) in [4.78, 5) is 25.7. The Hall–Kier alpha value is -3.08. The molecule has 1 aliphatic rings. The molecule has 5 heteroatoms. The first-order valence-corrected chi connectivity index (χ1v) is 10.9. The van der Waals surface area contributed by atoms with Gasteiger partial charge in [-0.3, -0.25) is 9.59 Å². The van der Waals surface area contributed by atoms with Crippen LogP contribution in [0.25, 0.3) is 11.0 Å². The number of para-hydroxylation sites is 1. The molecule has 0 saturated heterocycles. The lowest BCUT2D eigenvalue weighted by atomic mass is 9.87. The first-order chi connectivity index (χ1) is 14.6. The molecule has 0 spiro atoms. The van der Waals surface area contributed by atoms with Crippen LogP contribution in [0.1, 0.15) is 61.6 Å². The molecule has 1 saturated carbocycles. The fourth-order valence-electron chi connectivity index (χ4n) is 4.19. The summed E-state index contributed by atoms with van der Waals surface area (Å²) in [5, 5.41) is 6.59. The molecule has 0 aliphatic heterocycles. The zero-order chi connectivity index (χ0) is 20.9. The van der Waals surface area contributed by atoms with Crippen molar-refractivity contribution in [2.24, 2.45) is 5.92 Å². The normalized spacial score (nSPS) is 14.6. The minimum absolute atomic E-state index is 0.0604. The maximum atomic E-state index is 13.0. The van der Waals surface area contributed by atoms with E-state index in [0.29, 0.717) is 29.3 Å². The Balaban J connectivity index is 1.55. The van der Waals surface area contributed by atoms with Crippen LogP contribution in [0, 0.1) is 5.92 Å². The van der Waals surface area contributed by atoms with Gasteiger partial charge in [-0.15, -0.1) is 0 Å². The first-order valence-electron chi connectivity index (χ1n) is 10.9. The number of aryl methyl sites for hydroxylation is 1. The number of rotatable bonds is 6. The molecule has 1 heterocycles. The molecule has 5 nitrogen and oxygen atoms in total. The monoisotopic (exact) mass is 404 g/mol. The molecule has 0 atom stereocenters. The summed E-state index contributed by atoms with van der Waals surface area (Å²) in [7, 11) is 0. The number of fused-ring (bicyclic) bond motifs is 1. The number of carbonyl (C=O) groups is 2. The van der Waals surface area contributed by atoms with Crippen LogP contribution in [-0.4, -0.2) is 11.8 Å². The molecule has 1 aromatic heterocycles. The molecule has 2 N–H and O–H groups in total. The van der Waals surface area contributed by atoms with E-state index in [1.165, 1.54) is 24.8 Å². The van der Waals surface area contributed by atoms with E-state index in [9.17, 15) is 9.59 Å². The van der Waals surface area contributed by atoms with Gasteiger partial charge in [-0.05, 0) is 55.0 Å². The van der Waals surface area contributed by atoms with E-state index < -0.39 is 0 Å². The van der Waals surface area contributed by atoms with Crippen molar-refractivity contribution >= 4 is 34.2 Å². The second-order valence-corrected chi connectivity index (χ2v) is 8.06. The van der Waals surface area contributed by atoms with Crippen molar-refractivity contribution < 1.29 is 14.0 Å². The van der Waals surface area contributed by atoms with Crippen molar-refractivity contribution in [1.29, 1.82) is 0 Å². The van der Waals surface area contributed by atoms with Gasteiger partial charge in [0.05, 0.1) is 0 Å². The SMILES string of the molecule is CCc1ccc(NC(=O)c2oc3ccccc3c2NC(=O)CC2CCCCC2)cc1. The highest BCUT2D eigenvalue weighted by Crippen LogP contribution is 2.33. The molecular weight excluding hydrogens is 376 g/mol. The van der Waals surface area contributed by atoms with Crippen molar-refractivity contribution in [1.82, 2.24) is 0 Å². The summed E-state index contributed by atoms with van der Waals surface area (Å²) in [5.41, 5.74) is 2.93. The van der Waals surface area contributed by atoms with Crippen molar-refractivity contribution in [2.75, 3.05) is 10.6 Å². The average molecular weight is 405 g/mol. The smallest absolute Gasteiger partial charge is 0.293 e. The molecule has 2 aromatic carbocycles. The summed E-state index contributed by atoms with van der Waals surface area (Å²) in [5.74, 6) is 0.122. The summed E-state index contributed by atoms with van der Waals surface area (Å²) < 4.78 is 5.84. The first kappa shape index (κ1) is 20.2. The third-order valence-corrected chi connectivity index (χ3v) is 5.88. The molecule has 3 aromatic rings. The van der Waals surface area contributed by atoms with Crippen LogP contribution < -0.4 is 10.6 Å². The Morgan fingerprint density at radius 1 is 0.967 bits per heavy atom. The number of anilines is 2. The summed E-state index contributed by atoms with van der Waals surface area (Å²) in [6.45, 7) is 2.09. The van der Waals surface area contributed by atoms with Crippen molar-refractivity contribution in [2.45, 2.75) is 51.9 Å². The summed E-state index contributed by atoms with van der Waals surface area (Å²) in [6.07, 6.45) is 7.26. The standard InChI is InChI=1S/C25H28N2O3/c1-2-17-12-14-19(15-13-17)26-25(29)24-23(20-10-6-7-11-21(20)30-24)27-22(28)16-18-8-4-3-5-9-18/h6-7,10-15,18H,2-5,8-9,16H2,1H3,(H,26,29)(H,27,28). The van der Waals surface area contributed by atoms with E-state index in [2.05, 4.69) is 17.6 Å². The Morgan fingerprint density at radius 2 is 1.70 bits per heavy atom. The highest BCUT2D eigenvalue weighted by Gasteiger charge is 2.24. The van der Waals surface area contributed by atoms with Gasteiger partial charge in [-0.2, -0.15) is 0 Å². The van der Waals surface area contributed by atoms with Crippen LogP contribution in [0.5, 0.6) is 0 Å². The van der Waals surface area contributed by atoms with Gasteiger partial charge in [0.1, 0.15) is 11.3 Å². The van der Waals surface area contributed by atoms with E-state index in [-0.39, 0.29) is 17.6 Å². The highest BCUT2D eigenvalue weighted by molar-refractivity contribution is 6.14. The van der Waals surface area contributed by atoms with E-state index in [0.717, 1.165) is 24.6 Å². The highest BCUT2D eigenvalue weighted by atomic mass is 16.3. The number of carbonyl (C=O) groups excluding carboxylic acids is 2. The lowest BCUT2D eigenvalue weighted by Crippen LogP contribution is -2.20. The average Bonchev–Trinajstić information content (AvgIpc) is 3.13. The second kappa shape index (κ2) is 9.16. The number of nitrogens with one attached hydrogen (secondary N) is 2. The van der Waals surface area contributed by atoms with Gasteiger partial charge in [0, 0.05) is 17.5 Å². The van der Waals surface area contributed by atoms with Gasteiger partial charge in [0.2, 0.25) is 11.7 Å². The Morgan fingerprint density at radius 3 is 2.43 bits per heavy atom. The number of benzene rings is 2. The fourth-order valence-corrected chi connectivity index (χ4v) is 4.19. The number of amides is 2. The van der Waals surface area contributed by atoms with Gasteiger partial charge in [-0.25, -0.2) is 0 Å². The molecule has 156 valence electrons. The minimum Gasteiger partial charge on any atom is -0.449 e. The lowest BCUT2D eigenvalue weighted by molar-refractivity contribution is -0.117. The van der Waals surface area contributed by atoms with E-state index in [1.807, 2.05) is 42.5 Å². The lowest BCUT2D eigenvalue weighted by Gasteiger charge is -2.20. The van der Waals surface area contributed by atoms with Crippen molar-refractivity contribution in [3.05, 3.63) is 59.9 Å². The van der Waals surface area contributed by atoms with Gasteiger partial charge < -0.3 is 15.1 Å². The van der Waals surface area contributed by atoms with Crippen LogP contribution in [0.2, 0.25) is 0 Å². The van der Waals surface area contributed by atoms with Gasteiger partial charge in [-0.1, -0.05) is 50.5 Å². The molecular formula is C25H28N2O3. The van der Waals surface area contributed by atoms with Crippen molar-refractivity contribution in [3.63, 3.8) is 0 Å². The molecule has 0 radical (unpaired) electrons. The fraction of sp³-hybridized carbons (Fsp3) is 0.360. The maximum absolute atomic E-state index is 13.0. The Bertz CT molecular complexity index is 1030. The third-order valence-electron chi connectivity index (χ3n) is 5.88. The van der Waals surface area contributed by atoms with Gasteiger partial charge in [0.25, 0.3) is 5.91 Å². The maximum Gasteiger partial charge on any atom is 0.293 e. The van der Waals surface area contributed by atoms with E-state index in [4.69, 9.17) is 4.42 Å². The zero-order valence-electron chi connectivity index (χ0n) is 17.4. The van der Waals surface area contributed by atoms with Crippen molar-refractivity contribution in [3.8, 4) is 0 Å². The topological polar surface area (TPSA) is 71.3 Å². The quantitative estimate of drug-likeness (QED) is 0.517. The number of furan rings is 1.